The van der Waals surface area contributed by atoms with Gasteiger partial charge in [0.2, 0.25) is 0 Å². The van der Waals surface area contributed by atoms with Crippen LogP contribution in [0.1, 0.15) is 61.3 Å². The molecule has 3 aromatic rings. The summed E-state index contributed by atoms with van der Waals surface area (Å²) >= 11 is 0. The Labute approximate surface area is 167 Å². The molecule has 0 saturated heterocycles. The van der Waals surface area contributed by atoms with E-state index in [-0.39, 0.29) is 0 Å². The van der Waals surface area contributed by atoms with E-state index >= 15 is 0 Å². The van der Waals surface area contributed by atoms with E-state index < -0.39 is 0 Å². The van der Waals surface area contributed by atoms with Crippen molar-refractivity contribution in [3.05, 3.63) is 75.6 Å². The van der Waals surface area contributed by atoms with Crippen molar-refractivity contribution < 1.29 is 4.42 Å². The Kier molecular flexibility index (Phi) is 4.63. The smallest absolute Gasteiger partial charge is 0.139 e. The minimum Gasteiger partial charge on any atom is -0.456 e. The summed E-state index contributed by atoms with van der Waals surface area (Å²) in [5.41, 5.74) is 10.3. The Bertz CT molecular complexity index is 1220. The maximum Gasteiger partial charge on any atom is 0.139 e. The first-order chi connectivity index (χ1) is 13.5. The van der Waals surface area contributed by atoms with Crippen molar-refractivity contribution in [3.8, 4) is 0 Å². The standard InChI is InChI=1S/C27H28O/c1-7-10-20-16(4)13-19-14-24-23(15-22(19)20)21(11-8-2)17(5)27-26(24)18(6)25(28-27)12-9-3/h7-12,14-15H,13H2,1-6H3/b10-7-,11-8-,12-9-. The molecule has 0 aliphatic heterocycles. The monoisotopic (exact) mass is 368 g/mol. The number of rotatable bonds is 3. The normalized spacial score (nSPS) is 14.8. The lowest BCUT2D eigenvalue weighted by molar-refractivity contribution is 0.599. The summed E-state index contributed by atoms with van der Waals surface area (Å²) in [4.78, 5) is 0. The van der Waals surface area contributed by atoms with Crippen molar-refractivity contribution in [1.29, 1.82) is 0 Å². The van der Waals surface area contributed by atoms with Crippen LogP contribution in [0.2, 0.25) is 0 Å². The topological polar surface area (TPSA) is 13.1 Å². The van der Waals surface area contributed by atoms with Crippen molar-refractivity contribution in [3.63, 3.8) is 0 Å². The molecule has 1 heteroatoms. The second-order valence-electron chi connectivity index (χ2n) is 7.76. The molecule has 0 amide bonds. The van der Waals surface area contributed by atoms with Gasteiger partial charge < -0.3 is 4.42 Å². The van der Waals surface area contributed by atoms with Crippen LogP contribution in [0.15, 0.2) is 46.4 Å². The molecule has 0 spiro atoms. The molecule has 1 aliphatic rings. The number of aryl methyl sites for hydroxylation is 2. The summed E-state index contributed by atoms with van der Waals surface area (Å²) in [6, 6.07) is 4.81. The molecule has 0 unspecified atom stereocenters. The predicted octanol–water partition coefficient (Wildman–Crippen LogP) is 8.17. The predicted molar refractivity (Wildman–Crippen MR) is 124 cm³/mol. The lowest BCUT2D eigenvalue weighted by atomic mass is 9.90. The molecular weight excluding hydrogens is 340 g/mol. The molecule has 0 N–H and O–H groups in total. The van der Waals surface area contributed by atoms with Gasteiger partial charge in [0.25, 0.3) is 0 Å². The second-order valence-corrected chi connectivity index (χ2v) is 7.76. The van der Waals surface area contributed by atoms with Gasteiger partial charge in [0, 0.05) is 16.5 Å². The zero-order valence-electron chi connectivity index (χ0n) is 17.7. The Morgan fingerprint density at radius 3 is 2.21 bits per heavy atom. The van der Waals surface area contributed by atoms with Crippen molar-refractivity contribution >= 4 is 39.5 Å². The molecule has 0 atom stereocenters. The van der Waals surface area contributed by atoms with Crippen LogP contribution in [0.25, 0.3) is 39.5 Å². The molecule has 1 nitrogen and oxygen atoms in total. The van der Waals surface area contributed by atoms with E-state index in [0.29, 0.717) is 0 Å². The maximum atomic E-state index is 6.32. The van der Waals surface area contributed by atoms with Crippen LogP contribution in [0, 0.1) is 13.8 Å². The van der Waals surface area contributed by atoms with Crippen molar-refractivity contribution in [1.82, 2.24) is 0 Å². The third-order valence-electron chi connectivity index (χ3n) is 5.92. The summed E-state index contributed by atoms with van der Waals surface area (Å²) in [5.74, 6) is 0.962. The summed E-state index contributed by atoms with van der Waals surface area (Å²) in [6.45, 7) is 12.8. The van der Waals surface area contributed by atoms with Gasteiger partial charge in [0.05, 0.1) is 0 Å². The number of fused-ring (bicyclic) bond motifs is 4. The molecular formula is C27H28O. The summed E-state index contributed by atoms with van der Waals surface area (Å²) in [5, 5.41) is 3.88. The Morgan fingerprint density at radius 2 is 1.54 bits per heavy atom. The first kappa shape index (κ1) is 18.6. The Hall–Kier alpha value is -2.80. The molecule has 0 radical (unpaired) electrons. The fraction of sp³-hybridized carbons (Fsp3) is 0.259. The molecule has 142 valence electrons. The van der Waals surface area contributed by atoms with Gasteiger partial charge in [-0.3, -0.25) is 0 Å². The fourth-order valence-electron chi connectivity index (χ4n) is 4.62. The first-order valence-corrected chi connectivity index (χ1v) is 10.1. The number of hydrogen-bond donors (Lipinski definition) is 0. The van der Waals surface area contributed by atoms with Crippen LogP contribution in [-0.2, 0) is 6.42 Å². The van der Waals surface area contributed by atoms with Crippen molar-refractivity contribution in [2.24, 2.45) is 0 Å². The number of benzene rings is 2. The minimum absolute atomic E-state index is 0.962. The molecule has 4 rings (SSSR count). The van der Waals surface area contributed by atoms with Crippen LogP contribution >= 0.6 is 0 Å². The van der Waals surface area contributed by atoms with Gasteiger partial charge in [-0.15, -0.1) is 0 Å². The number of furan rings is 1. The summed E-state index contributed by atoms with van der Waals surface area (Å²) in [7, 11) is 0. The average molecular weight is 369 g/mol. The lowest BCUT2D eigenvalue weighted by Crippen LogP contribution is -1.92. The van der Waals surface area contributed by atoms with E-state index in [2.05, 4.69) is 77.1 Å². The van der Waals surface area contributed by atoms with Gasteiger partial charge in [-0.1, -0.05) is 36.0 Å². The SMILES string of the molecule is C/C=C\C1=C(C)Cc2cc3c(cc21)c(/C=C\C)c(C)c1oc(/C=C\C)c(C)c13. The molecule has 2 aromatic carbocycles. The molecule has 1 aliphatic carbocycles. The van der Waals surface area contributed by atoms with E-state index in [1.54, 1.807) is 0 Å². The zero-order valence-corrected chi connectivity index (χ0v) is 17.7. The molecule has 0 fully saturated rings. The Morgan fingerprint density at radius 1 is 0.821 bits per heavy atom. The van der Waals surface area contributed by atoms with Gasteiger partial charge in [-0.05, 0) is 99.2 Å². The highest BCUT2D eigenvalue weighted by Crippen LogP contribution is 2.43. The highest BCUT2D eigenvalue weighted by molar-refractivity contribution is 6.14. The van der Waals surface area contributed by atoms with Gasteiger partial charge >= 0.3 is 0 Å². The summed E-state index contributed by atoms with van der Waals surface area (Å²) < 4.78 is 6.32. The van der Waals surface area contributed by atoms with E-state index in [0.717, 1.165) is 17.8 Å². The van der Waals surface area contributed by atoms with E-state index in [4.69, 9.17) is 4.42 Å². The van der Waals surface area contributed by atoms with Crippen LogP contribution in [0.4, 0.5) is 0 Å². The van der Waals surface area contributed by atoms with E-state index in [1.165, 1.54) is 55.1 Å². The molecule has 1 aromatic heterocycles. The Balaban J connectivity index is 2.18. The largest absolute Gasteiger partial charge is 0.456 e. The summed E-state index contributed by atoms with van der Waals surface area (Å²) in [6.07, 6.45) is 13.9. The minimum atomic E-state index is 0.962. The van der Waals surface area contributed by atoms with Crippen molar-refractivity contribution in [2.45, 2.75) is 48.0 Å². The third-order valence-corrected chi connectivity index (χ3v) is 5.92. The van der Waals surface area contributed by atoms with Gasteiger partial charge in [0.15, 0.2) is 0 Å². The van der Waals surface area contributed by atoms with Gasteiger partial charge in [0.1, 0.15) is 11.3 Å². The molecule has 0 bridgehead atoms. The number of allylic oxidation sites excluding steroid dienone is 6. The fourth-order valence-corrected chi connectivity index (χ4v) is 4.62. The van der Waals surface area contributed by atoms with Gasteiger partial charge in [-0.2, -0.15) is 0 Å². The molecule has 28 heavy (non-hydrogen) atoms. The molecule has 0 saturated carbocycles. The van der Waals surface area contributed by atoms with Crippen LogP contribution < -0.4 is 0 Å². The van der Waals surface area contributed by atoms with Gasteiger partial charge in [-0.25, -0.2) is 0 Å². The van der Waals surface area contributed by atoms with Crippen LogP contribution in [0.3, 0.4) is 0 Å². The second kappa shape index (κ2) is 6.98. The average Bonchev–Trinajstić information content (AvgIpc) is 3.15. The quantitative estimate of drug-likeness (QED) is 0.454. The first-order valence-electron chi connectivity index (χ1n) is 10.1. The van der Waals surface area contributed by atoms with Crippen LogP contribution in [0.5, 0.6) is 0 Å². The number of hydrogen-bond acceptors (Lipinski definition) is 1. The maximum absolute atomic E-state index is 6.32. The molecule has 1 heterocycles. The lowest BCUT2D eigenvalue weighted by Gasteiger charge is -2.13. The zero-order chi connectivity index (χ0) is 20.0. The highest BCUT2D eigenvalue weighted by atomic mass is 16.3. The van der Waals surface area contributed by atoms with E-state index in [9.17, 15) is 0 Å². The van der Waals surface area contributed by atoms with E-state index in [1.807, 2.05) is 13.0 Å². The highest BCUT2D eigenvalue weighted by Gasteiger charge is 2.23. The van der Waals surface area contributed by atoms with Crippen LogP contribution in [-0.4, -0.2) is 0 Å². The third kappa shape index (κ3) is 2.61. The van der Waals surface area contributed by atoms with Crippen molar-refractivity contribution in [2.75, 3.05) is 0 Å².